The molecule has 1 aromatic rings. The lowest BCUT2D eigenvalue weighted by atomic mass is 9.93. The van der Waals surface area contributed by atoms with E-state index in [4.69, 9.17) is 4.74 Å². The largest absolute Gasteiger partial charge is 0.368 e. The van der Waals surface area contributed by atoms with E-state index in [-0.39, 0.29) is 17.3 Å². The van der Waals surface area contributed by atoms with Gasteiger partial charge in [-0.1, -0.05) is 27.7 Å². The summed E-state index contributed by atoms with van der Waals surface area (Å²) in [7, 11) is 0. The van der Waals surface area contributed by atoms with E-state index in [0.717, 1.165) is 23.8 Å². The summed E-state index contributed by atoms with van der Waals surface area (Å²) in [5, 5.41) is 2.96. The molecule has 0 saturated carbocycles. The van der Waals surface area contributed by atoms with Crippen LogP contribution in [-0.4, -0.2) is 48.0 Å². The topological polar surface area (TPSA) is 42.4 Å². The number of aromatic nitrogens is 1. The number of rotatable bonds is 4. The predicted octanol–water partition coefficient (Wildman–Crippen LogP) is 2.27. The number of carbonyl (C=O) groups is 1. The molecule has 0 radical (unpaired) electrons. The van der Waals surface area contributed by atoms with Gasteiger partial charge in [0.25, 0.3) is 0 Å². The fourth-order valence-corrected chi connectivity index (χ4v) is 3.21. The van der Waals surface area contributed by atoms with Gasteiger partial charge in [0.05, 0.1) is 18.7 Å². The molecule has 0 aromatic carbocycles. The number of carbonyl (C=O) groups excluding carboxylic acids is 1. The molecule has 0 spiro atoms. The zero-order chi connectivity index (χ0) is 14.8. The van der Waals surface area contributed by atoms with Gasteiger partial charge in [-0.05, 0) is 6.54 Å². The lowest BCUT2D eigenvalue weighted by Crippen LogP contribution is -2.46. The second-order valence-electron chi connectivity index (χ2n) is 6.27. The minimum Gasteiger partial charge on any atom is -0.368 e. The Labute approximate surface area is 125 Å². The molecule has 1 unspecified atom stereocenters. The summed E-state index contributed by atoms with van der Waals surface area (Å²) in [6.07, 6.45) is 0.105. The Morgan fingerprint density at radius 1 is 1.55 bits per heavy atom. The third kappa shape index (κ3) is 3.87. The molecule has 2 heterocycles. The summed E-state index contributed by atoms with van der Waals surface area (Å²) in [5.74, 6) is 0.151. The molecule has 0 aliphatic carbocycles. The van der Waals surface area contributed by atoms with Gasteiger partial charge in [0.2, 0.25) is 0 Å². The first-order chi connectivity index (χ1) is 9.40. The van der Waals surface area contributed by atoms with Crippen LogP contribution in [0.3, 0.4) is 0 Å². The second kappa shape index (κ2) is 6.33. The van der Waals surface area contributed by atoms with Crippen molar-refractivity contribution in [2.24, 2.45) is 0 Å². The average molecular weight is 296 g/mol. The monoisotopic (exact) mass is 296 g/mol. The van der Waals surface area contributed by atoms with E-state index < -0.39 is 0 Å². The minimum atomic E-state index is -0.286. The molecule has 0 bridgehead atoms. The SMILES string of the molecule is CCN1CCOC(C(=O)Cc2nc(C(C)(C)C)cs2)C1. The van der Waals surface area contributed by atoms with Crippen molar-refractivity contribution >= 4 is 17.1 Å². The smallest absolute Gasteiger partial charge is 0.169 e. The Bertz CT molecular complexity index is 465. The van der Waals surface area contributed by atoms with Crippen molar-refractivity contribution in [3.05, 3.63) is 16.1 Å². The van der Waals surface area contributed by atoms with Gasteiger partial charge in [0.1, 0.15) is 11.1 Å². The number of hydrogen-bond acceptors (Lipinski definition) is 5. The summed E-state index contributed by atoms with van der Waals surface area (Å²) < 4.78 is 5.60. The van der Waals surface area contributed by atoms with Crippen molar-refractivity contribution < 1.29 is 9.53 Å². The molecule has 20 heavy (non-hydrogen) atoms. The molecule has 1 aliphatic rings. The molecular formula is C15H24N2O2S. The average Bonchev–Trinajstić information content (AvgIpc) is 2.87. The lowest BCUT2D eigenvalue weighted by molar-refractivity contribution is -0.135. The van der Waals surface area contributed by atoms with Crippen molar-refractivity contribution in [3.8, 4) is 0 Å². The molecule has 112 valence electrons. The number of ketones is 1. The van der Waals surface area contributed by atoms with Crippen molar-refractivity contribution in [1.29, 1.82) is 0 Å². The Morgan fingerprint density at radius 2 is 2.30 bits per heavy atom. The predicted molar refractivity (Wildman–Crippen MR) is 81.4 cm³/mol. The van der Waals surface area contributed by atoms with Gasteiger partial charge < -0.3 is 4.74 Å². The Balaban J connectivity index is 1.96. The number of thiazole rings is 1. The van der Waals surface area contributed by atoms with Crippen LogP contribution in [0.1, 0.15) is 38.4 Å². The van der Waals surface area contributed by atoms with Crippen LogP contribution in [0.2, 0.25) is 0 Å². The quantitative estimate of drug-likeness (QED) is 0.855. The molecule has 0 N–H and O–H groups in total. The van der Waals surface area contributed by atoms with Gasteiger partial charge in [-0.15, -0.1) is 11.3 Å². The number of Topliss-reactive ketones (excluding diaryl/α,β-unsaturated/α-hetero) is 1. The molecule has 0 amide bonds. The van der Waals surface area contributed by atoms with E-state index in [1.807, 2.05) is 0 Å². The molecule has 4 nitrogen and oxygen atoms in total. The number of likely N-dealkylation sites (N-methyl/N-ethyl adjacent to an activating group) is 1. The summed E-state index contributed by atoms with van der Waals surface area (Å²) in [4.78, 5) is 19.1. The highest BCUT2D eigenvalue weighted by Gasteiger charge is 2.27. The van der Waals surface area contributed by atoms with E-state index in [1.165, 1.54) is 0 Å². The maximum absolute atomic E-state index is 12.3. The van der Waals surface area contributed by atoms with Crippen LogP contribution >= 0.6 is 11.3 Å². The maximum Gasteiger partial charge on any atom is 0.169 e. The van der Waals surface area contributed by atoms with Crippen LogP contribution < -0.4 is 0 Å². The van der Waals surface area contributed by atoms with Crippen LogP contribution in [-0.2, 0) is 21.4 Å². The molecule has 1 aliphatic heterocycles. The van der Waals surface area contributed by atoms with E-state index in [2.05, 4.69) is 43.0 Å². The summed E-state index contributed by atoms with van der Waals surface area (Å²) in [6, 6.07) is 0. The van der Waals surface area contributed by atoms with Crippen LogP contribution in [0.5, 0.6) is 0 Å². The number of ether oxygens (including phenoxy) is 1. The van der Waals surface area contributed by atoms with Gasteiger partial charge in [-0.3, -0.25) is 9.69 Å². The molecule has 1 atom stereocenters. The zero-order valence-electron chi connectivity index (χ0n) is 12.8. The van der Waals surface area contributed by atoms with E-state index in [0.29, 0.717) is 19.6 Å². The number of nitrogens with zero attached hydrogens (tertiary/aromatic N) is 2. The first-order valence-electron chi connectivity index (χ1n) is 7.21. The highest BCUT2D eigenvalue weighted by molar-refractivity contribution is 7.09. The molecular weight excluding hydrogens is 272 g/mol. The third-order valence-electron chi connectivity index (χ3n) is 3.60. The highest BCUT2D eigenvalue weighted by Crippen LogP contribution is 2.24. The van der Waals surface area contributed by atoms with Gasteiger partial charge in [-0.25, -0.2) is 4.98 Å². The number of hydrogen-bond donors (Lipinski definition) is 0. The van der Waals surface area contributed by atoms with E-state index >= 15 is 0 Å². The van der Waals surface area contributed by atoms with Gasteiger partial charge >= 0.3 is 0 Å². The summed E-state index contributed by atoms with van der Waals surface area (Å²) in [5.41, 5.74) is 1.10. The fourth-order valence-electron chi connectivity index (χ4n) is 2.18. The fraction of sp³-hybridized carbons (Fsp3) is 0.733. The second-order valence-corrected chi connectivity index (χ2v) is 7.21. The maximum atomic E-state index is 12.3. The van der Waals surface area contributed by atoms with Crippen LogP contribution in [0, 0.1) is 0 Å². The summed E-state index contributed by atoms with van der Waals surface area (Å²) >= 11 is 1.57. The Kier molecular flexibility index (Phi) is 4.94. The standard InChI is InChI=1S/C15H24N2O2S/c1-5-17-6-7-19-12(9-17)11(18)8-14-16-13(10-20-14)15(2,3)4/h10,12H,5-9H2,1-4H3. The van der Waals surface area contributed by atoms with Crippen molar-refractivity contribution in [2.45, 2.75) is 45.6 Å². The molecule has 1 fully saturated rings. The molecule has 1 saturated heterocycles. The van der Waals surface area contributed by atoms with E-state index in [1.54, 1.807) is 11.3 Å². The first-order valence-corrected chi connectivity index (χ1v) is 8.09. The normalized spacial score (nSPS) is 21.1. The van der Waals surface area contributed by atoms with Gasteiger partial charge in [0, 0.05) is 23.9 Å². The minimum absolute atomic E-state index is 0.0398. The van der Waals surface area contributed by atoms with Crippen LogP contribution in [0.15, 0.2) is 5.38 Å². The first kappa shape index (κ1) is 15.6. The van der Waals surface area contributed by atoms with Crippen molar-refractivity contribution in [2.75, 3.05) is 26.2 Å². The zero-order valence-corrected chi connectivity index (χ0v) is 13.6. The Morgan fingerprint density at radius 3 is 2.90 bits per heavy atom. The highest BCUT2D eigenvalue weighted by atomic mass is 32.1. The molecule has 2 rings (SSSR count). The van der Waals surface area contributed by atoms with Crippen LogP contribution in [0.25, 0.3) is 0 Å². The summed E-state index contributed by atoms with van der Waals surface area (Å²) in [6.45, 7) is 11.8. The molecule has 5 heteroatoms. The third-order valence-corrected chi connectivity index (χ3v) is 4.45. The molecule has 1 aromatic heterocycles. The van der Waals surface area contributed by atoms with E-state index in [9.17, 15) is 4.79 Å². The lowest BCUT2D eigenvalue weighted by Gasteiger charge is -2.31. The van der Waals surface area contributed by atoms with Gasteiger partial charge in [-0.2, -0.15) is 0 Å². The van der Waals surface area contributed by atoms with Crippen LogP contribution in [0.4, 0.5) is 0 Å². The Hall–Kier alpha value is -0.780. The van der Waals surface area contributed by atoms with Crippen molar-refractivity contribution in [3.63, 3.8) is 0 Å². The van der Waals surface area contributed by atoms with Gasteiger partial charge in [0.15, 0.2) is 5.78 Å². The van der Waals surface area contributed by atoms with Crippen molar-refractivity contribution in [1.82, 2.24) is 9.88 Å². The number of morpholine rings is 1.